The van der Waals surface area contributed by atoms with Crippen molar-refractivity contribution < 1.29 is 0 Å². The Morgan fingerprint density at radius 1 is 1.30 bits per heavy atom. The maximum atomic E-state index is 3.91. The van der Waals surface area contributed by atoms with Gasteiger partial charge < -0.3 is 5.32 Å². The standard InChI is InChI=1S/C18H27NS/c1-11-15-8-13(18(15,2)3)9-16(11)19-10-17-14(6-7-20-17)12-4-5-12/h6-7,11-13,15-16,19H,4-5,8-10H2,1-3H3/t11-,13-,15+,16-/m1/s1. The number of hydrogen-bond acceptors (Lipinski definition) is 2. The molecule has 0 amide bonds. The largest absolute Gasteiger partial charge is 0.309 e. The summed E-state index contributed by atoms with van der Waals surface area (Å²) >= 11 is 1.96. The fraction of sp³-hybridized carbons (Fsp3) is 0.778. The van der Waals surface area contributed by atoms with Crippen LogP contribution in [0.4, 0.5) is 0 Å². The minimum absolute atomic E-state index is 0.611. The van der Waals surface area contributed by atoms with Crippen molar-refractivity contribution in [2.24, 2.45) is 23.2 Å². The van der Waals surface area contributed by atoms with Crippen LogP contribution < -0.4 is 5.32 Å². The Morgan fingerprint density at radius 2 is 2.10 bits per heavy atom. The maximum Gasteiger partial charge on any atom is 0.0305 e. The molecule has 0 radical (unpaired) electrons. The summed E-state index contributed by atoms with van der Waals surface area (Å²) in [6, 6.07) is 3.12. The summed E-state index contributed by atoms with van der Waals surface area (Å²) in [5, 5.41) is 6.19. The molecule has 0 aromatic carbocycles. The van der Waals surface area contributed by atoms with Crippen molar-refractivity contribution in [2.75, 3.05) is 0 Å². The molecule has 110 valence electrons. The smallest absolute Gasteiger partial charge is 0.0305 e. The zero-order valence-corrected chi connectivity index (χ0v) is 13.8. The van der Waals surface area contributed by atoms with Gasteiger partial charge >= 0.3 is 0 Å². The van der Waals surface area contributed by atoms with Gasteiger partial charge in [-0.2, -0.15) is 0 Å². The Morgan fingerprint density at radius 3 is 2.75 bits per heavy atom. The third kappa shape index (κ3) is 1.99. The van der Waals surface area contributed by atoms with Crippen molar-refractivity contribution in [1.82, 2.24) is 5.32 Å². The number of thiophene rings is 1. The van der Waals surface area contributed by atoms with Gasteiger partial charge in [0.15, 0.2) is 0 Å². The third-order valence-electron chi connectivity index (χ3n) is 6.68. The highest BCUT2D eigenvalue weighted by molar-refractivity contribution is 7.10. The third-order valence-corrected chi connectivity index (χ3v) is 7.61. The molecule has 4 fully saturated rings. The maximum absolute atomic E-state index is 3.91. The first-order chi connectivity index (χ1) is 9.57. The average Bonchev–Trinajstić information content (AvgIpc) is 3.16. The molecular weight excluding hydrogens is 262 g/mol. The second-order valence-corrected chi connectivity index (χ2v) is 9.02. The lowest BCUT2D eigenvalue weighted by Gasteiger charge is -2.62. The van der Waals surface area contributed by atoms with E-state index in [0.717, 1.165) is 36.3 Å². The van der Waals surface area contributed by atoms with E-state index in [1.54, 1.807) is 10.4 Å². The SMILES string of the molecule is C[C@H]1[C@H](NCc2sccc2C2CC2)C[C@H]2C[C@@H]1C2(C)C. The lowest BCUT2D eigenvalue weighted by atomic mass is 9.45. The molecule has 1 heterocycles. The number of fused-ring (bicyclic) bond motifs is 2. The zero-order chi connectivity index (χ0) is 13.9. The molecule has 1 aromatic rings. The first-order valence-corrected chi connectivity index (χ1v) is 9.25. The second kappa shape index (κ2) is 4.58. The summed E-state index contributed by atoms with van der Waals surface area (Å²) in [7, 11) is 0. The molecule has 0 unspecified atom stereocenters. The molecule has 1 aromatic heterocycles. The van der Waals surface area contributed by atoms with Crippen molar-refractivity contribution in [3.8, 4) is 0 Å². The summed E-state index contributed by atoms with van der Waals surface area (Å²) in [4.78, 5) is 1.61. The molecule has 1 nitrogen and oxygen atoms in total. The normalized spacial score (nSPS) is 38.5. The molecular formula is C18H27NS. The summed E-state index contributed by atoms with van der Waals surface area (Å²) in [5.41, 5.74) is 2.26. The van der Waals surface area contributed by atoms with Crippen LogP contribution in [0.25, 0.3) is 0 Å². The highest BCUT2D eigenvalue weighted by Crippen LogP contribution is 2.61. The van der Waals surface area contributed by atoms with Crippen LogP contribution in [-0.2, 0) is 6.54 Å². The van der Waals surface area contributed by atoms with Crippen LogP contribution in [0.3, 0.4) is 0 Å². The van der Waals surface area contributed by atoms with Crippen LogP contribution in [0.2, 0.25) is 0 Å². The van der Waals surface area contributed by atoms with Gasteiger partial charge in [-0.25, -0.2) is 0 Å². The highest BCUT2D eigenvalue weighted by Gasteiger charge is 2.55. The molecule has 2 heteroatoms. The monoisotopic (exact) mass is 289 g/mol. The zero-order valence-electron chi connectivity index (χ0n) is 13.0. The molecule has 2 bridgehead atoms. The summed E-state index contributed by atoms with van der Waals surface area (Å²) in [5.74, 6) is 3.66. The Bertz CT molecular complexity index is 499. The lowest BCUT2D eigenvalue weighted by molar-refractivity contribution is -0.115. The first kappa shape index (κ1) is 13.3. The van der Waals surface area contributed by atoms with Crippen LogP contribution in [0.15, 0.2) is 11.4 Å². The van der Waals surface area contributed by atoms with E-state index in [2.05, 4.69) is 37.5 Å². The number of nitrogens with one attached hydrogen (secondary N) is 1. The fourth-order valence-electron chi connectivity index (χ4n) is 4.90. The molecule has 4 aliphatic rings. The molecule has 0 spiro atoms. The predicted molar refractivity (Wildman–Crippen MR) is 86.1 cm³/mol. The molecule has 0 saturated heterocycles. The summed E-state index contributed by atoms with van der Waals surface area (Å²) < 4.78 is 0. The quantitative estimate of drug-likeness (QED) is 0.840. The van der Waals surface area contributed by atoms with Crippen LogP contribution in [0.5, 0.6) is 0 Å². The van der Waals surface area contributed by atoms with E-state index < -0.39 is 0 Å². The first-order valence-electron chi connectivity index (χ1n) is 8.37. The Hall–Kier alpha value is -0.340. The van der Waals surface area contributed by atoms with Crippen molar-refractivity contribution in [3.63, 3.8) is 0 Å². The minimum Gasteiger partial charge on any atom is -0.309 e. The van der Waals surface area contributed by atoms with Gasteiger partial charge in [0, 0.05) is 17.5 Å². The predicted octanol–water partition coefficient (Wildman–Crippen LogP) is 4.79. The summed E-state index contributed by atoms with van der Waals surface area (Å²) in [6.07, 6.45) is 5.72. The van der Waals surface area contributed by atoms with E-state index in [0.29, 0.717) is 5.41 Å². The summed E-state index contributed by atoms with van der Waals surface area (Å²) in [6.45, 7) is 8.57. The Balaban J connectivity index is 1.39. The van der Waals surface area contributed by atoms with Crippen molar-refractivity contribution in [2.45, 2.75) is 65.0 Å². The molecule has 0 aliphatic heterocycles. The highest BCUT2D eigenvalue weighted by atomic mass is 32.1. The van der Waals surface area contributed by atoms with Crippen molar-refractivity contribution in [1.29, 1.82) is 0 Å². The molecule has 1 N–H and O–H groups in total. The minimum atomic E-state index is 0.611. The molecule has 20 heavy (non-hydrogen) atoms. The Labute approximate surface area is 127 Å². The van der Waals surface area contributed by atoms with Gasteiger partial charge in [0.2, 0.25) is 0 Å². The second-order valence-electron chi connectivity index (χ2n) is 8.02. The van der Waals surface area contributed by atoms with Crippen molar-refractivity contribution in [3.05, 3.63) is 21.9 Å². The van der Waals surface area contributed by atoms with Crippen LogP contribution in [-0.4, -0.2) is 6.04 Å². The Kier molecular flexibility index (Phi) is 3.05. The van der Waals surface area contributed by atoms with E-state index >= 15 is 0 Å². The average molecular weight is 289 g/mol. The van der Waals surface area contributed by atoms with E-state index in [4.69, 9.17) is 0 Å². The lowest BCUT2D eigenvalue weighted by Crippen LogP contribution is -2.59. The van der Waals surface area contributed by atoms with Crippen LogP contribution >= 0.6 is 11.3 Å². The molecule has 4 atom stereocenters. The van der Waals surface area contributed by atoms with Gasteiger partial charge in [0.25, 0.3) is 0 Å². The van der Waals surface area contributed by atoms with E-state index in [-0.39, 0.29) is 0 Å². The number of rotatable bonds is 4. The van der Waals surface area contributed by atoms with Gasteiger partial charge in [-0.3, -0.25) is 0 Å². The molecule has 4 saturated carbocycles. The van der Waals surface area contributed by atoms with E-state index in [1.807, 2.05) is 11.3 Å². The van der Waals surface area contributed by atoms with Gasteiger partial charge in [-0.15, -0.1) is 11.3 Å². The van der Waals surface area contributed by atoms with E-state index in [1.165, 1.54) is 25.7 Å². The van der Waals surface area contributed by atoms with Crippen LogP contribution in [0, 0.1) is 23.2 Å². The molecule has 4 aliphatic carbocycles. The van der Waals surface area contributed by atoms with Gasteiger partial charge in [-0.1, -0.05) is 20.8 Å². The fourth-order valence-corrected chi connectivity index (χ4v) is 5.81. The van der Waals surface area contributed by atoms with Gasteiger partial charge in [-0.05, 0) is 71.8 Å². The van der Waals surface area contributed by atoms with Gasteiger partial charge in [0.1, 0.15) is 0 Å². The topological polar surface area (TPSA) is 12.0 Å². The van der Waals surface area contributed by atoms with Gasteiger partial charge in [0.05, 0.1) is 0 Å². The number of hydrogen-bond donors (Lipinski definition) is 1. The van der Waals surface area contributed by atoms with Crippen LogP contribution in [0.1, 0.15) is 62.8 Å². The van der Waals surface area contributed by atoms with Crippen molar-refractivity contribution >= 4 is 11.3 Å². The van der Waals surface area contributed by atoms with E-state index in [9.17, 15) is 0 Å². The molecule has 5 rings (SSSR count).